The highest BCUT2D eigenvalue weighted by atomic mass is 16.4. The lowest BCUT2D eigenvalue weighted by molar-refractivity contribution is -0.140. The third kappa shape index (κ3) is 1.64. The van der Waals surface area contributed by atoms with Crippen molar-refractivity contribution in [1.29, 1.82) is 0 Å². The molecule has 5 nitrogen and oxygen atoms in total. The Morgan fingerprint density at radius 1 is 1.62 bits per heavy atom. The molecule has 0 spiro atoms. The number of amides is 2. The number of hydrogen-bond acceptors (Lipinski definition) is 3. The van der Waals surface area contributed by atoms with Crippen molar-refractivity contribution in [1.82, 2.24) is 5.32 Å². The molecule has 13 heavy (non-hydrogen) atoms. The summed E-state index contributed by atoms with van der Waals surface area (Å²) in [6.45, 7) is 3.27. The molecule has 1 unspecified atom stereocenters. The van der Waals surface area contributed by atoms with Crippen LogP contribution < -0.4 is 5.32 Å². The topological polar surface area (TPSA) is 83.5 Å². The molecule has 2 amide bonds. The van der Waals surface area contributed by atoms with Crippen LogP contribution >= 0.6 is 0 Å². The van der Waals surface area contributed by atoms with Gasteiger partial charge in [0.05, 0.1) is 0 Å². The minimum atomic E-state index is -1.20. The highest BCUT2D eigenvalue weighted by molar-refractivity contribution is 6.18. The molecule has 1 aliphatic rings. The Labute approximate surface area is 73.7 Å². The predicted octanol–water partition coefficient (Wildman–Crippen LogP) is -0.544. The first-order valence-electron chi connectivity index (χ1n) is 3.48. The Hall–Kier alpha value is -1.91. The van der Waals surface area contributed by atoms with E-state index in [1.807, 2.05) is 5.32 Å². The van der Waals surface area contributed by atoms with Crippen LogP contribution in [0.1, 0.15) is 0 Å². The number of rotatable bonds is 3. The largest absolute Gasteiger partial charge is 0.481 e. The summed E-state index contributed by atoms with van der Waals surface area (Å²) in [6.07, 6.45) is 2.08. The van der Waals surface area contributed by atoms with Gasteiger partial charge in [-0.05, 0) is 0 Å². The zero-order valence-corrected chi connectivity index (χ0v) is 6.61. The van der Waals surface area contributed by atoms with Crippen molar-refractivity contribution >= 4 is 17.8 Å². The van der Waals surface area contributed by atoms with Gasteiger partial charge in [0.2, 0.25) is 0 Å². The number of carboxylic acid groups (broad SMARTS) is 1. The summed E-state index contributed by atoms with van der Waals surface area (Å²) in [5.74, 6) is -3.58. The second kappa shape index (κ2) is 3.22. The number of hydrogen-bond donors (Lipinski definition) is 2. The van der Waals surface area contributed by atoms with Gasteiger partial charge in [-0.2, -0.15) is 0 Å². The van der Waals surface area contributed by atoms with Crippen molar-refractivity contribution < 1.29 is 19.5 Å². The SMILES string of the molecule is C=CC(C(=O)O)C1=CC(=O)NC1=O. The summed E-state index contributed by atoms with van der Waals surface area (Å²) in [5.41, 5.74) is -0.0764. The number of carbonyl (C=O) groups is 3. The van der Waals surface area contributed by atoms with Gasteiger partial charge in [0.1, 0.15) is 5.92 Å². The monoisotopic (exact) mass is 181 g/mol. The third-order valence-electron chi connectivity index (χ3n) is 1.62. The molecule has 0 radical (unpaired) electrons. The van der Waals surface area contributed by atoms with Gasteiger partial charge >= 0.3 is 5.97 Å². The third-order valence-corrected chi connectivity index (χ3v) is 1.62. The van der Waals surface area contributed by atoms with Crippen LogP contribution in [0.3, 0.4) is 0 Å². The highest BCUT2D eigenvalue weighted by Gasteiger charge is 2.30. The number of carboxylic acids is 1. The molecule has 0 saturated carbocycles. The molecule has 0 aromatic rings. The number of carbonyl (C=O) groups excluding carboxylic acids is 2. The van der Waals surface area contributed by atoms with Crippen molar-refractivity contribution in [3.63, 3.8) is 0 Å². The van der Waals surface area contributed by atoms with E-state index in [9.17, 15) is 14.4 Å². The summed E-state index contributed by atoms with van der Waals surface area (Å²) < 4.78 is 0. The Bertz CT molecular complexity index is 329. The van der Waals surface area contributed by atoms with Crippen molar-refractivity contribution in [3.8, 4) is 0 Å². The zero-order valence-electron chi connectivity index (χ0n) is 6.61. The maximum Gasteiger partial charge on any atom is 0.315 e. The van der Waals surface area contributed by atoms with E-state index >= 15 is 0 Å². The normalized spacial score (nSPS) is 17.7. The second-order valence-corrected chi connectivity index (χ2v) is 2.47. The van der Waals surface area contributed by atoms with Crippen LogP contribution in [0, 0.1) is 5.92 Å². The molecule has 0 aromatic heterocycles. The molecule has 0 aliphatic carbocycles. The fourth-order valence-corrected chi connectivity index (χ4v) is 1.02. The van der Waals surface area contributed by atoms with Gasteiger partial charge in [0, 0.05) is 11.6 Å². The highest BCUT2D eigenvalue weighted by Crippen LogP contribution is 2.16. The van der Waals surface area contributed by atoms with Crippen LogP contribution in [0.2, 0.25) is 0 Å². The van der Waals surface area contributed by atoms with Crippen molar-refractivity contribution in [2.75, 3.05) is 0 Å². The van der Waals surface area contributed by atoms with E-state index in [0.717, 1.165) is 12.2 Å². The van der Waals surface area contributed by atoms with Gasteiger partial charge in [-0.25, -0.2) is 0 Å². The van der Waals surface area contributed by atoms with Gasteiger partial charge in [-0.3, -0.25) is 19.7 Å². The Kier molecular flexibility index (Phi) is 2.27. The molecular weight excluding hydrogens is 174 g/mol. The second-order valence-electron chi connectivity index (χ2n) is 2.47. The fraction of sp³-hybridized carbons (Fsp3) is 0.125. The molecule has 1 atom stereocenters. The predicted molar refractivity (Wildman–Crippen MR) is 42.6 cm³/mol. The molecular formula is C8H7NO4. The number of imide groups is 1. The summed E-state index contributed by atoms with van der Waals surface area (Å²) in [5, 5.41) is 10.6. The van der Waals surface area contributed by atoms with E-state index in [0.29, 0.717) is 0 Å². The van der Waals surface area contributed by atoms with Crippen LogP contribution in [0.5, 0.6) is 0 Å². The Balaban J connectivity index is 2.99. The van der Waals surface area contributed by atoms with E-state index < -0.39 is 23.7 Å². The Morgan fingerprint density at radius 3 is 2.54 bits per heavy atom. The lowest BCUT2D eigenvalue weighted by atomic mass is 10.00. The van der Waals surface area contributed by atoms with Crippen LogP contribution in [-0.4, -0.2) is 22.9 Å². The maximum atomic E-state index is 11.0. The van der Waals surface area contributed by atoms with Gasteiger partial charge in [-0.15, -0.1) is 6.58 Å². The molecule has 0 saturated heterocycles. The van der Waals surface area contributed by atoms with Gasteiger partial charge in [0.25, 0.3) is 11.8 Å². The van der Waals surface area contributed by atoms with Crippen LogP contribution in [-0.2, 0) is 14.4 Å². The molecule has 5 heteroatoms. The average molecular weight is 181 g/mol. The van der Waals surface area contributed by atoms with E-state index in [1.165, 1.54) is 0 Å². The summed E-state index contributed by atoms with van der Waals surface area (Å²) >= 11 is 0. The fourth-order valence-electron chi connectivity index (χ4n) is 1.02. The maximum absolute atomic E-state index is 11.0. The first-order chi connectivity index (χ1) is 6.06. The van der Waals surface area contributed by atoms with Gasteiger partial charge < -0.3 is 5.11 Å². The van der Waals surface area contributed by atoms with E-state index in [4.69, 9.17) is 5.11 Å². The van der Waals surface area contributed by atoms with Crippen molar-refractivity contribution in [2.24, 2.45) is 5.92 Å². The van der Waals surface area contributed by atoms with Crippen LogP contribution in [0.4, 0.5) is 0 Å². The molecule has 1 heterocycles. The standard InChI is InChI=1S/C8H7NO4/c1-2-4(8(12)13)5-3-6(10)9-7(5)11/h2-4H,1H2,(H,12,13)(H,9,10,11). The van der Waals surface area contributed by atoms with Gasteiger partial charge in [-0.1, -0.05) is 6.08 Å². The molecule has 68 valence electrons. The quantitative estimate of drug-likeness (QED) is 0.452. The summed E-state index contributed by atoms with van der Waals surface area (Å²) in [6, 6.07) is 0. The molecule has 0 aromatic carbocycles. The minimum Gasteiger partial charge on any atom is -0.481 e. The van der Waals surface area contributed by atoms with Gasteiger partial charge in [0.15, 0.2) is 0 Å². The minimum absolute atomic E-state index is 0.0764. The summed E-state index contributed by atoms with van der Waals surface area (Å²) in [4.78, 5) is 32.2. The molecule has 1 rings (SSSR count). The summed E-state index contributed by atoms with van der Waals surface area (Å²) in [7, 11) is 0. The molecule has 0 bridgehead atoms. The van der Waals surface area contributed by atoms with Crippen molar-refractivity contribution in [3.05, 3.63) is 24.3 Å². The molecule has 2 N–H and O–H groups in total. The van der Waals surface area contributed by atoms with E-state index in [2.05, 4.69) is 6.58 Å². The van der Waals surface area contributed by atoms with E-state index in [1.54, 1.807) is 0 Å². The smallest absolute Gasteiger partial charge is 0.315 e. The zero-order chi connectivity index (χ0) is 10.0. The average Bonchev–Trinajstić information content (AvgIpc) is 2.31. The Morgan fingerprint density at radius 2 is 2.23 bits per heavy atom. The lowest BCUT2D eigenvalue weighted by Crippen LogP contribution is -2.26. The van der Waals surface area contributed by atoms with Crippen LogP contribution in [0.25, 0.3) is 0 Å². The molecule has 0 fully saturated rings. The first kappa shape index (κ1) is 9.18. The van der Waals surface area contributed by atoms with E-state index in [-0.39, 0.29) is 5.57 Å². The van der Waals surface area contributed by atoms with Crippen LogP contribution in [0.15, 0.2) is 24.3 Å². The molecule has 1 aliphatic heterocycles. The first-order valence-corrected chi connectivity index (χ1v) is 3.48. The lowest BCUT2D eigenvalue weighted by Gasteiger charge is -2.04. The van der Waals surface area contributed by atoms with Crippen molar-refractivity contribution in [2.45, 2.75) is 0 Å². The number of aliphatic carboxylic acids is 1. The number of nitrogens with one attached hydrogen (secondary N) is 1.